The average molecular weight is 329 g/mol. The molecule has 0 aliphatic heterocycles. The largest absolute Gasteiger partial charge is 0.389 e. The number of hydrogen-bond acceptors (Lipinski definition) is 3. The van der Waals surface area contributed by atoms with Crippen LogP contribution in [-0.4, -0.2) is 27.6 Å². The molecule has 2 aromatic rings. The van der Waals surface area contributed by atoms with Crippen molar-refractivity contribution in [1.29, 1.82) is 0 Å². The van der Waals surface area contributed by atoms with Gasteiger partial charge in [-0.2, -0.15) is 5.10 Å². The topological polar surface area (TPSA) is 47.3 Å². The lowest BCUT2D eigenvalue weighted by Crippen LogP contribution is -2.22. The Labute approximate surface area is 118 Å². The Morgan fingerprint density at radius 3 is 2.89 bits per heavy atom. The molecule has 0 fully saturated rings. The van der Waals surface area contributed by atoms with Crippen LogP contribution in [0.1, 0.15) is 5.56 Å². The summed E-state index contributed by atoms with van der Waals surface area (Å²) >= 11 is 3.28. The van der Waals surface area contributed by atoms with Gasteiger partial charge in [0, 0.05) is 11.8 Å². The maximum absolute atomic E-state index is 13.3. The van der Waals surface area contributed by atoms with Crippen molar-refractivity contribution in [3.05, 3.63) is 52.5 Å². The maximum atomic E-state index is 13.3. The number of aliphatic hydroxyl groups excluding tert-OH is 1. The van der Waals surface area contributed by atoms with Gasteiger partial charge in [0.1, 0.15) is 5.82 Å². The van der Waals surface area contributed by atoms with Crippen molar-refractivity contribution in [2.75, 3.05) is 6.61 Å². The molecule has 0 spiro atoms. The van der Waals surface area contributed by atoms with Crippen LogP contribution < -0.4 is 0 Å². The van der Waals surface area contributed by atoms with E-state index in [0.717, 1.165) is 4.47 Å². The molecular formula is C13H14BrFN2O2. The molecule has 2 rings (SSSR count). The van der Waals surface area contributed by atoms with Gasteiger partial charge in [0.15, 0.2) is 0 Å². The molecule has 0 aliphatic rings. The fourth-order valence-corrected chi connectivity index (χ4v) is 1.96. The number of aliphatic hydroxyl groups is 1. The second-order valence-electron chi connectivity index (χ2n) is 4.14. The molecule has 1 heterocycles. The molecule has 0 unspecified atom stereocenters. The molecule has 0 saturated heterocycles. The average Bonchev–Trinajstić information content (AvgIpc) is 2.77. The van der Waals surface area contributed by atoms with Gasteiger partial charge in [-0.3, -0.25) is 4.68 Å². The van der Waals surface area contributed by atoms with Crippen molar-refractivity contribution in [2.45, 2.75) is 19.3 Å². The van der Waals surface area contributed by atoms with Gasteiger partial charge in [-0.15, -0.1) is 0 Å². The molecule has 0 radical (unpaired) electrons. The molecule has 1 atom stereocenters. The third-order valence-corrected chi connectivity index (χ3v) is 2.93. The zero-order chi connectivity index (χ0) is 13.7. The highest BCUT2D eigenvalue weighted by Crippen LogP contribution is 2.09. The van der Waals surface area contributed by atoms with Crippen LogP contribution in [0, 0.1) is 5.82 Å². The van der Waals surface area contributed by atoms with Gasteiger partial charge in [0.25, 0.3) is 0 Å². The van der Waals surface area contributed by atoms with Gasteiger partial charge in [-0.05, 0) is 22.0 Å². The molecule has 6 heteroatoms. The Hall–Kier alpha value is -1.24. The quantitative estimate of drug-likeness (QED) is 0.885. The Balaban J connectivity index is 1.75. The number of hydrogen-bond donors (Lipinski definition) is 1. The number of nitrogens with zero attached hydrogens (tertiary/aromatic N) is 2. The molecule has 0 aliphatic carbocycles. The van der Waals surface area contributed by atoms with Gasteiger partial charge in [0.05, 0.1) is 36.5 Å². The lowest BCUT2D eigenvalue weighted by molar-refractivity contribution is 0.0178. The first-order chi connectivity index (χ1) is 9.15. The monoisotopic (exact) mass is 328 g/mol. The number of aromatic nitrogens is 2. The van der Waals surface area contributed by atoms with Gasteiger partial charge in [-0.25, -0.2) is 4.39 Å². The van der Waals surface area contributed by atoms with Gasteiger partial charge < -0.3 is 9.84 Å². The third-order valence-electron chi connectivity index (χ3n) is 2.53. The number of halogens is 2. The standard InChI is InChI=1S/C13H14BrFN2O2/c14-11-5-16-17(6-11)7-12(18)9-19-8-10-3-1-2-4-13(10)15/h1-6,12,18H,7-9H2/t12-/m0/s1. The second kappa shape index (κ2) is 6.79. The number of benzene rings is 1. The summed E-state index contributed by atoms with van der Waals surface area (Å²) in [5.41, 5.74) is 0.483. The van der Waals surface area contributed by atoms with E-state index in [1.807, 2.05) is 0 Å². The fourth-order valence-electron chi connectivity index (χ4n) is 1.63. The highest BCUT2D eigenvalue weighted by molar-refractivity contribution is 9.10. The summed E-state index contributed by atoms with van der Waals surface area (Å²) < 4.78 is 21.1. The van der Waals surface area contributed by atoms with Crippen molar-refractivity contribution in [1.82, 2.24) is 9.78 Å². The first kappa shape index (κ1) is 14.2. The van der Waals surface area contributed by atoms with Crippen LogP contribution in [0.5, 0.6) is 0 Å². The van der Waals surface area contributed by atoms with Crippen LogP contribution in [0.15, 0.2) is 41.1 Å². The zero-order valence-corrected chi connectivity index (χ0v) is 11.8. The van der Waals surface area contributed by atoms with E-state index in [1.165, 1.54) is 6.07 Å². The highest BCUT2D eigenvalue weighted by Gasteiger charge is 2.08. The van der Waals surface area contributed by atoms with E-state index < -0.39 is 6.10 Å². The minimum atomic E-state index is -0.682. The minimum Gasteiger partial charge on any atom is -0.389 e. The van der Waals surface area contributed by atoms with Crippen LogP contribution in [0.4, 0.5) is 4.39 Å². The van der Waals surface area contributed by atoms with E-state index in [0.29, 0.717) is 12.1 Å². The summed E-state index contributed by atoms with van der Waals surface area (Å²) in [5.74, 6) is -0.298. The van der Waals surface area contributed by atoms with Gasteiger partial charge in [0.2, 0.25) is 0 Å². The van der Waals surface area contributed by atoms with E-state index in [4.69, 9.17) is 4.74 Å². The summed E-state index contributed by atoms with van der Waals surface area (Å²) in [7, 11) is 0. The van der Waals surface area contributed by atoms with Crippen molar-refractivity contribution in [3.8, 4) is 0 Å². The van der Waals surface area contributed by atoms with E-state index in [9.17, 15) is 9.50 Å². The van der Waals surface area contributed by atoms with E-state index in [2.05, 4.69) is 21.0 Å². The van der Waals surface area contributed by atoms with Crippen LogP contribution in [0.25, 0.3) is 0 Å². The predicted octanol–water partition coefficient (Wildman–Crippen LogP) is 2.36. The van der Waals surface area contributed by atoms with Crippen LogP contribution in [0.2, 0.25) is 0 Å². The first-order valence-electron chi connectivity index (χ1n) is 5.82. The van der Waals surface area contributed by atoms with Crippen molar-refractivity contribution >= 4 is 15.9 Å². The summed E-state index contributed by atoms with van der Waals surface area (Å²) in [5, 5.41) is 13.8. The minimum absolute atomic E-state index is 0.131. The molecule has 1 aromatic carbocycles. The molecule has 1 aromatic heterocycles. The van der Waals surface area contributed by atoms with E-state index in [-0.39, 0.29) is 19.0 Å². The first-order valence-corrected chi connectivity index (χ1v) is 6.61. The van der Waals surface area contributed by atoms with Crippen LogP contribution in [-0.2, 0) is 17.9 Å². The fraction of sp³-hybridized carbons (Fsp3) is 0.308. The second-order valence-corrected chi connectivity index (χ2v) is 5.06. The molecule has 1 N–H and O–H groups in total. The van der Waals surface area contributed by atoms with Crippen molar-refractivity contribution < 1.29 is 14.2 Å². The maximum Gasteiger partial charge on any atom is 0.128 e. The number of rotatable bonds is 6. The Morgan fingerprint density at radius 2 is 2.21 bits per heavy atom. The molecule has 0 saturated carbocycles. The summed E-state index contributed by atoms with van der Waals surface area (Å²) in [6.45, 7) is 0.612. The predicted molar refractivity (Wildman–Crippen MR) is 72.0 cm³/mol. The van der Waals surface area contributed by atoms with Crippen LogP contribution in [0.3, 0.4) is 0 Å². The van der Waals surface area contributed by atoms with Gasteiger partial charge >= 0.3 is 0 Å². The van der Waals surface area contributed by atoms with E-state index >= 15 is 0 Å². The highest BCUT2D eigenvalue weighted by atomic mass is 79.9. The summed E-state index contributed by atoms with van der Waals surface area (Å²) in [6, 6.07) is 6.42. The number of ether oxygens (including phenoxy) is 1. The normalized spacial score (nSPS) is 12.6. The van der Waals surface area contributed by atoms with E-state index in [1.54, 1.807) is 35.3 Å². The summed E-state index contributed by atoms with van der Waals surface area (Å²) in [4.78, 5) is 0. The lowest BCUT2D eigenvalue weighted by Gasteiger charge is -2.11. The third kappa shape index (κ3) is 4.41. The molecule has 0 amide bonds. The van der Waals surface area contributed by atoms with Crippen molar-refractivity contribution in [3.63, 3.8) is 0 Å². The smallest absolute Gasteiger partial charge is 0.128 e. The molecular weight excluding hydrogens is 315 g/mol. The molecule has 0 bridgehead atoms. The SMILES string of the molecule is O[C@H](COCc1ccccc1F)Cn1cc(Br)cn1. The van der Waals surface area contributed by atoms with Crippen molar-refractivity contribution in [2.24, 2.45) is 0 Å². The Morgan fingerprint density at radius 1 is 1.42 bits per heavy atom. The molecule has 4 nitrogen and oxygen atoms in total. The van der Waals surface area contributed by atoms with Crippen LogP contribution >= 0.6 is 15.9 Å². The summed E-state index contributed by atoms with van der Waals surface area (Å²) in [6.07, 6.45) is 2.73. The lowest BCUT2D eigenvalue weighted by atomic mass is 10.2. The zero-order valence-electron chi connectivity index (χ0n) is 10.2. The Kier molecular flexibility index (Phi) is 5.07. The molecule has 102 valence electrons. The Bertz CT molecular complexity index is 533. The molecule has 19 heavy (non-hydrogen) atoms. The van der Waals surface area contributed by atoms with Gasteiger partial charge in [-0.1, -0.05) is 18.2 Å².